The van der Waals surface area contributed by atoms with Gasteiger partial charge in [-0.3, -0.25) is 4.79 Å². The molecule has 0 spiro atoms. The van der Waals surface area contributed by atoms with Crippen LogP contribution >= 0.6 is 46.7 Å². The molecule has 3 aromatic rings. The summed E-state index contributed by atoms with van der Waals surface area (Å²) in [6.07, 6.45) is 1.42. The van der Waals surface area contributed by atoms with Crippen LogP contribution in [0.15, 0.2) is 64.1 Å². The lowest BCUT2D eigenvalue weighted by atomic mass is 10.2. The fraction of sp³-hybridized carbons (Fsp3) is 0.182. The Balaban J connectivity index is 1.25. The second-order valence-electron chi connectivity index (χ2n) is 6.56. The number of carbonyl (C=O) groups excluding carboxylic acids is 1. The molecule has 0 radical (unpaired) electrons. The molecule has 0 unspecified atom stereocenters. The van der Waals surface area contributed by atoms with E-state index in [1.807, 2.05) is 53.9 Å². The first-order chi connectivity index (χ1) is 15.1. The van der Waals surface area contributed by atoms with Gasteiger partial charge in [0.25, 0.3) is 5.91 Å². The van der Waals surface area contributed by atoms with E-state index in [9.17, 15) is 4.79 Å². The molecule has 2 aromatic carbocycles. The van der Waals surface area contributed by atoms with Crippen molar-refractivity contribution in [2.45, 2.75) is 4.58 Å². The van der Waals surface area contributed by atoms with Crippen LogP contribution in [0, 0.1) is 0 Å². The maximum absolute atomic E-state index is 12.0. The number of carbonyl (C=O) groups is 1. The third kappa shape index (κ3) is 6.01. The number of rotatable bonds is 7. The van der Waals surface area contributed by atoms with Gasteiger partial charge >= 0.3 is 0 Å². The van der Waals surface area contributed by atoms with Crippen molar-refractivity contribution in [3.63, 3.8) is 0 Å². The molecular weight excluding hydrogens is 475 g/mol. The number of furan rings is 1. The molecule has 1 aromatic heterocycles. The van der Waals surface area contributed by atoms with Gasteiger partial charge in [0.1, 0.15) is 17.3 Å². The van der Waals surface area contributed by atoms with E-state index in [2.05, 4.69) is 10.5 Å². The van der Waals surface area contributed by atoms with Crippen LogP contribution in [0.1, 0.15) is 15.9 Å². The van der Waals surface area contributed by atoms with Crippen molar-refractivity contribution >= 4 is 58.8 Å². The molecule has 1 amide bonds. The average molecular weight is 493 g/mol. The highest BCUT2D eigenvalue weighted by Gasteiger charge is 2.18. The summed E-state index contributed by atoms with van der Waals surface area (Å²) in [6, 6.07) is 16.6. The zero-order chi connectivity index (χ0) is 21.6. The van der Waals surface area contributed by atoms with Crippen LogP contribution in [0.2, 0.25) is 10.0 Å². The summed E-state index contributed by atoms with van der Waals surface area (Å²) in [6.45, 7) is -0.129. The molecule has 1 fully saturated rings. The maximum Gasteiger partial charge on any atom is 0.277 e. The Kier molecular flexibility index (Phi) is 7.50. The van der Waals surface area contributed by atoms with E-state index >= 15 is 0 Å². The molecule has 5 nitrogen and oxygen atoms in total. The van der Waals surface area contributed by atoms with Gasteiger partial charge in [0.05, 0.1) is 20.8 Å². The SMILES string of the molecule is O=C(COc1ccc(C2SCCS2)cc1)N/N=C/c1ccc(-c2ccc(Cl)c(Cl)c2)o1. The molecule has 160 valence electrons. The number of ether oxygens (including phenoxy) is 1. The molecule has 4 rings (SSSR count). The van der Waals surface area contributed by atoms with E-state index in [4.69, 9.17) is 32.4 Å². The van der Waals surface area contributed by atoms with Crippen molar-refractivity contribution in [2.24, 2.45) is 5.10 Å². The number of nitrogens with one attached hydrogen (secondary N) is 1. The predicted molar refractivity (Wildman–Crippen MR) is 129 cm³/mol. The van der Waals surface area contributed by atoms with Crippen LogP contribution in [0.25, 0.3) is 11.3 Å². The second-order valence-corrected chi connectivity index (χ2v) is 10.1. The average Bonchev–Trinajstić information content (AvgIpc) is 3.47. The fourth-order valence-electron chi connectivity index (χ4n) is 2.85. The first-order valence-electron chi connectivity index (χ1n) is 9.41. The number of hydrogen-bond donors (Lipinski definition) is 1. The number of thioether (sulfide) groups is 2. The lowest BCUT2D eigenvalue weighted by Gasteiger charge is -2.09. The van der Waals surface area contributed by atoms with Crippen LogP contribution in [0.3, 0.4) is 0 Å². The molecule has 0 aliphatic carbocycles. The normalized spacial score (nSPS) is 14.3. The number of amides is 1. The minimum absolute atomic E-state index is 0.129. The molecule has 0 bridgehead atoms. The molecule has 31 heavy (non-hydrogen) atoms. The Hall–Kier alpha value is -2.06. The number of hydrazone groups is 1. The summed E-state index contributed by atoms with van der Waals surface area (Å²) in [7, 11) is 0. The highest BCUT2D eigenvalue weighted by molar-refractivity contribution is 8.19. The minimum atomic E-state index is -0.363. The predicted octanol–water partition coefficient (Wildman–Crippen LogP) is 6.26. The van der Waals surface area contributed by atoms with Gasteiger partial charge in [-0.1, -0.05) is 35.3 Å². The van der Waals surface area contributed by atoms with E-state index in [0.29, 0.717) is 31.9 Å². The lowest BCUT2D eigenvalue weighted by Crippen LogP contribution is -2.24. The molecule has 9 heteroatoms. The first kappa shape index (κ1) is 22.1. The van der Waals surface area contributed by atoms with Crippen molar-refractivity contribution in [1.82, 2.24) is 5.43 Å². The number of hydrogen-bond acceptors (Lipinski definition) is 6. The van der Waals surface area contributed by atoms with E-state index in [0.717, 1.165) is 5.56 Å². The van der Waals surface area contributed by atoms with Crippen LogP contribution < -0.4 is 10.2 Å². The Morgan fingerprint density at radius 2 is 1.87 bits per heavy atom. The molecule has 0 atom stereocenters. The lowest BCUT2D eigenvalue weighted by molar-refractivity contribution is -0.123. The standard InChI is InChI=1S/C22H18Cl2N2O3S2/c23-18-7-3-15(11-19(18)24)20-8-6-17(29-20)12-25-26-21(27)13-28-16-4-1-14(2-5-16)22-30-9-10-31-22/h1-8,11-12,22H,9-10,13H2,(H,26,27)/b25-12+. The van der Waals surface area contributed by atoms with Crippen LogP contribution in [-0.4, -0.2) is 30.2 Å². The molecule has 0 saturated carbocycles. The highest BCUT2D eigenvalue weighted by atomic mass is 35.5. The largest absolute Gasteiger partial charge is 0.484 e. The summed E-state index contributed by atoms with van der Waals surface area (Å²) in [5.74, 6) is 3.76. The quantitative estimate of drug-likeness (QED) is 0.311. The zero-order valence-electron chi connectivity index (χ0n) is 16.2. The summed E-state index contributed by atoms with van der Waals surface area (Å²) < 4.78 is 11.7. The Labute approximate surface area is 198 Å². The van der Waals surface area contributed by atoms with Gasteiger partial charge in [0.2, 0.25) is 0 Å². The first-order valence-corrected chi connectivity index (χ1v) is 12.3. The Morgan fingerprint density at radius 3 is 2.61 bits per heavy atom. The van der Waals surface area contributed by atoms with E-state index in [1.165, 1.54) is 23.3 Å². The van der Waals surface area contributed by atoms with Crippen molar-refractivity contribution in [1.29, 1.82) is 0 Å². The number of benzene rings is 2. The maximum atomic E-state index is 12.0. The molecule has 2 heterocycles. The summed E-state index contributed by atoms with van der Waals surface area (Å²) in [5, 5.41) is 4.83. The van der Waals surface area contributed by atoms with Crippen LogP contribution in [0.4, 0.5) is 0 Å². The summed E-state index contributed by atoms with van der Waals surface area (Å²) in [5.41, 5.74) is 4.49. The number of halogens is 2. The van der Waals surface area contributed by atoms with Gasteiger partial charge in [-0.25, -0.2) is 5.43 Å². The number of nitrogens with zero attached hydrogens (tertiary/aromatic N) is 1. The van der Waals surface area contributed by atoms with E-state index < -0.39 is 0 Å². The molecule has 1 N–H and O–H groups in total. The van der Waals surface area contributed by atoms with Crippen LogP contribution in [-0.2, 0) is 4.79 Å². The van der Waals surface area contributed by atoms with Crippen molar-refractivity contribution in [2.75, 3.05) is 18.1 Å². The van der Waals surface area contributed by atoms with E-state index in [-0.39, 0.29) is 12.5 Å². The van der Waals surface area contributed by atoms with Crippen LogP contribution in [0.5, 0.6) is 5.75 Å². The van der Waals surface area contributed by atoms with Gasteiger partial charge < -0.3 is 9.15 Å². The second kappa shape index (κ2) is 10.5. The molecule has 1 saturated heterocycles. The smallest absolute Gasteiger partial charge is 0.277 e. The summed E-state index contributed by atoms with van der Waals surface area (Å²) >= 11 is 15.9. The third-order valence-electron chi connectivity index (χ3n) is 4.36. The highest BCUT2D eigenvalue weighted by Crippen LogP contribution is 2.45. The van der Waals surface area contributed by atoms with Gasteiger partial charge in [-0.2, -0.15) is 5.10 Å². The topological polar surface area (TPSA) is 63.8 Å². The van der Waals surface area contributed by atoms with Gasteiger partial charge in [0.15, 0.2) is 6.61 Å². The van der Waals surface area contributed by atoms with Crippen molar-refractivity contribution < 1.29 is 13.9 Å². The van der Waals surface area contributed by atoms with Crippen molar-refractivity contribution in [3.8, 4) is 17.1 Å². The molecular formula is C22H18Cl2N2O3S2. The molecule has 1 aliphatic rings. The Morgan fingerprint density at radius 1 is 1.10 bits per heavy atom. The third-order valence-corrected chi connectivity index (χ3v) is 8.20. The monoisotopic (exact) mass is 492 g/mol. The minimum Gasteiger partial charge on any atom is -0.484 e. The van der Waals surface area contributed by atoms with Crippen molar-refractivity contribution in [3.05, 3.63) is 76.0 Å². The van der Waals surface area contributed by atoms with Gasteiger partial charge in [0, 0.05) is 17.1 Å². The van der Waals surface area contributed by atoms with Gasteiger partial charge in [-0.15, -0.1) is 23.5 Å². The molecule has 1 aliphatic heterocycles. The fourth-order valence-corrected chi connectivity index (χ4v) is 6.01. The summed E-state index contributed by atoms with van der Waals surface area (Å²) in [4.78, 5) is 12.0. The zero-order valence-corrected chi connectivity index (χ0v) is 19.4. The van der Waals surface area contributed by atoms with E-state index in [1.54, 1.807) is 24.3 Å². The van der Waals surface area contributed by atoms with Gasteiger partial charge in [-0.05, 0) is 48.0 Å². The Bertz CT molecular complexity index is 1080.